The van der Waals surface area contributed by atoms with Crippen LogP contribution in [0.15, 0.2) is 30.3 Å². The molecule has 3 rings (SSSR count). The standard InChI is InChI=1S/C18H26N2O2/c21-18-10-6-11-20(18)14-17(15-7-2-1-3-8-15)19-13-16-9-4-5-12-22-16/h1-3,7-8,16-17,19H,4-6,9-14H2/t16-,17+/m1/s1. The summed E-state index contributed by atoms with van der Waals surface area (Å²) >= 11 is 0. The zero-order valence-corrected chi connectivity index (χ0v) is 13.2. The Labute approximate surface area is 132 Å². The number of hydrogen-bond acceptors (Lipinski definition) is 3. The van der Waals surface area contributed by atoms with Crippen molar-refractivity contribution in [3.05, 3.63) is 35.9 Å². The number of carbonyl (C=O) groups is 1. The number of carbonyl (C=O) groups excluding carboxylic acids is 1. The number of rotatable bonds is 6. The van der Waals surface area contributed by atoms with Crippen LogP contribution in [0, 0.1) is 0 Å². The fourth-order valence-electron chi connectivity index (χ4n) is 3.33. The monoisotopic (exact) mass is 302 g/mol. The first-order chi connectivity index (χ1) is 10.8. The van der Waals surface area contributed by atoms with E-state index in [1.165, 1.54) is 18.4 Å². The van der Waals surface area contributed by atoms with E-state index >= 15 is 0 Å². The summed E-state index contributed by atoms with van der Waals surface area (Å²) in [4.78, 5) is 13.9. The Bertz CT molecular complexity index is 471. The lowest BCUT2D eigenvalue weighted by Gasteiger charge is -2.29. The predicted molar refractivity (Wildman–Crippen MR) is 86.6 cm³/mol. The van der Waals surface area contributed by atoms with Gasteiger partial charge in [-0.25, -0.2) is 0 Å². The molecule has 2 atom stereocenters. The molecular weight excluding hydrogens is 276 g/mol. The van der Waals surface area contributed by atoms with Crippen molar-refractivity contribution >= 4 is 5.91 Å². The van der Waals surface area contributed by atoms with Gasteiger partial charge in [-0.1, -0.05) is 30.3 Å². The molecule has 1 aromatic rings. The third-order valence-corrected chi connectivity index (χ3v) is 4.64. The van der Waals surface area contributed by atoms with Crippen LogP contribution in [-0.2, 0) is 9.53 Å². The van der Waals surface area contributed by atoms with Crippen LogP contribution in [0.4, 0.5) is 0 Å². The molecule has 22 heavy (non-hydrogen) atoms. The minimum atomic E-state index is 0.189. The van der Waals surface area contributed by atoms with Gasteiger partial charge in [-0.3, -0.25) is 4.79 Å². The van der Waals surface area contributed by atoms with Gasteiger partial charge in [0.15, 0.2) is 0 Å². The van der Waals surface area contributed by atoms with Crippen molar-refractivity contribution in [2.75, 3.05) is 26.2 Å². The molecule has 4 nitrogen and oxygen atoms in total. The summed E-state index contributed by atoms with van der Waals surface area (Å²) in [5.41, 5.74) is 1.25. The van der Waals surface area contributed by atoms with Crippen molar-refractivity contribution < 1.29 is 9.53 Å². The summed E-state index contributed by atoms with van der Waals surface area (Å²) in [7, 11) is 0. The van der Waals surface area contributed by atoms with E-state index in [9.17, 15) is 4.79 Å². The van der Waals surface area contributed by atoms with Crippen LogP contribution in [-0.4, -0.2) is 43.2 Å². The average Bonchev–Trinajstić information content (AvgIpc) is 2.98. The quantitative estimate of drug-likeness (QED) is 0.878. The van der Waals surface area contributed by atoms with Crippen molar-refractivity contribution in [2.45, 2.75) is 44.2 Å². The lowest BCUT2D eigenvalue weighted by Crippen LogP contribution is -2.40. The maximum Gasteiger partial charge on any atom is 0.222 e. The molecule has 2 aliphatic heterocycles. The molecule has 2 fully saturated rings. The third kappa shape index (κ3) is 4.08. The molecule has 1 amide bonds. The highest BCUT2D eigenvalue weighted by atomic mass is 16.5. The first kappa shape index (κ1) is 15.5. The molecule has 1 N–H and O–H groups in total. The second-order valence-corrected chi connectivity index (χ2v) is 6.30. The van der Waals surface area contributed by atoms with Gasteiger partial charge in [0, 0.05) is 38.7 Å². The topological polar surface area (TPSA) is 41.6 Å². The Morgan fingerprint density at radius 2 is 2.09 bits per heavy atom. The number of likely N-dealkylation sites (tertiary alicyclic amines) is 1. The maximum atomic E-state index is 11.9. The summed E-state index contributed by atoms with van der Waals surface area (Å²) < 4.78 is 5.81. The second kappa shape index (κ2) is 7.75. The van der Waals surface area contributed by atoms with E-state index < -0.39 is 0 Å². The number of benzene rings is 1. The molecule has 0 spiro atoms. The summed E-state index contributed by atoms with van der Waals surface area (Å²) in [5, 5.41) is 3.63. The normalized spacial score (nSPS) is 23.7. The van der Waals surface area contributed by atoms with E-state index in [2.05, 4.69) is 29.6 Å². The molecule has 0 saturated carbocycles. The Hall–Kier alpha value is -1.39. The fourth-order valence-corrected chi connectivity index (χ4v) is 3.33. The molecule has 2 heterocycles. The Morgan fingerprint density at radius 1 is 1.23 bits per heavy atom. The van der Waals surface area contributed by atoms with Crippen molar-refractivity contribution in [2.24, 2.45) is 0 Å². The van der Waals surface area contributed by atoms with Crippen LogP contribution in [0.2, 0.25) is 0 Å². The number of amides is 1. The number of ether oxygens (including phenoxy) is 1. The van der Waals surface area contributed by atoms with Crippen molar-refractivity contribution in [1.29, 1.82) is 0 Å². The molecule has 0 bridgehead atoms. The van der Waals surface area contributed by atoms with Crippen LogP contribution in [0.25, 0.3) is 0 Å². The minimum Gasteiger partial charge on any atom is -0.377 e. The highest BCUT2D eigenvalue weighted by molar-refractivity contribution is 5.78. The Morgan fingerprint density at radius 3 is 2.77 bits per heavy atom. The van der Waals surface area contributed by atoms with Gasteiger partial charge in [0.25, 0.3) is 0 Å². The van der Waals surface area contributed by atoms with Crippen LogP contribution in [0.1, 0.15) is 43.7 Å². The molecule has 120 valence electrons. The molecule has 4 heteroatoms. The minimum absolute atomic E-state index is 0.189. The first-order valence-corrected chi connectivity index (χ1v) is 8.50. The lowest BCUT2D eigenvalue weighted by atomic mass is 10.0. The summed E-state index contributed by atoms with van der Waals surface area (Å²) in [6.07, 6.45) is 5.58. The average molecular weight is 302 g/mol. The molecule has 0 radical (unpaired) electrons. The Balaban J connectivity index is 1.61. The van der Waals surface area contributed by atoms with Gasteiger partial charge in [-0.05, 0) is 31.2 Å². The molecule has 1 aromatic carbocycles. The summed E-state index contributed by atoms with van der Waals surface area (Å²) in [6.45, 7) is 3.40. The van der Waals surface area contributed by atoms with E-state index in [0.29, 0.717) is 12.5 Å². The second-order valence-electron chi connectivity index (χ2n) is 6.30. The molecule has 0 aliphatic carbocycles. The van der Waals surface area contributed by atoms with Crippen LogP contribution in [0.5, 0.6) is 0 Å². The SMILES string of the molecule is O=C1CCCN1C[C@H](NC[C@H]1CCCCO1)c1ccccc1. The highest BCUT2D eigenvalue weighted by Gasteiger charge is 2.25. The van der Waals surface area contributed by atoms with Gasteiger partial charge in [-0.15, -0.1) is 0 Å². The molecule has 2 aliphatic rings. The molecule has 2 saturated heterocycles. The fraction of sp³-hybridized carbons (Fsp3) is 0.611. The van der Waals surface area contributed by atoms with E-state index in [1.54, 1.807) is 0 Å². The van der Waals surface area contributed by atoms with Crippen molar-refractivity contribution in [1.82, 2.24) is 10.2 Å². The zero-order valence-electron chi connectivity index (χ0n) is 13.2. The predicted octanol–water partition coefficient (Wildman–Crippen LogP) is 2.51. The van der Waals surface area contributed by atoms with Crippen LogP contribution >= 0.6 is 0 Å². The number of nitrogens with one attached hydrogen (secondary N) is 1. The maximum absolute atomic E-state index is 11.9. The first-order valence-electron chi connectivity index (χ1n) is 8.50. The van der Waals surface area contributed by atoms with Crippen LogP contribution in [0.3, 0.4) is 0 Å². The van der Waals surface area contributed by atoms with Crippen molar-refractivity contribution in [3.8, 4) is 0 Å². The lowest BCUT2D eigenvalue weighted by molar-refractivity contribution is -0.128. The molecule has 0 unspecified atom stereocenters. The van der Waals surface area contributed by atoms with Gasteiger partial charge in [0.05, 0.1) is 6.10 Å². The van der Waals surface area contributed by atoms with E-state index in [0.717, 1.165) is 39.1 Å². The highest BCUT2D eigenvalue weighted by Crippen LogP contribution is 2.19. The Kier molecular flexibility index (Phi) is 5.46. The number of nitrogens with zero attached hydrogens (tertiary/aromatic N) is 1. The smallest absolute Gasteiger partial charge is 0.222 e. The van der Waals surface area contributed by atoms with E-state index in [-0.39, 0.29) is 11.9 Å². The third-order valence-electron chi connectivity index (χ3n) is 4.64. The summed E-state index contributed by atoms with van der Waals surface area (Å²) in [5.74, 6) is 0.289. The molecular formula is C18H26N2O2. The van der Waals surface area contributed by atoms with E-state index in [4.69, 9.17) is 4.74 Å². The largest absolute Gasteiger partial charge is 0.377 e. The van der Waals surface area contributed by atoms with Gasteiger partial charge >= 0.3 is 0 Å². The van der Waals surface area contributed by atoms with Gasteiger partial charge in [0.2, 0.25) is 5.91 Å². The van der Waals surface area contributed by atoms with Gasteiger partial charge in [0.1, 0.15) is 0 Å². The van der Waals surface area contributed by atoms with Gasteiger partial charge < -0.3 is 15.0 Å². The molecule has 0 aromatic heterocycles. The van der Waals surface area contributed by atoms with Crippen LogP contribution < -0.4 is 5.32 Å². The number of hydrogen-bond donors (Lipinski definition) is 1. The zero-order chi connectivity index (χ0) is 15.2. The summed E-state index contributed by atoms with van der Waals surface area (Å²) in [6, 6.07) is 10.6. The van der Waals surface area contributed by atoms with Gasteiger partial charge in [-0.2, -0.15) is 0 Å². The van der Waals surface area contributed by atoms with Crippen molar-refractivity contribution in [3.63, 3.8) is 0 Å². The van der Waals surface area contributed by atoms with E-state index in [1.807, 2.05) is 11.0 Å².